The second-order valence-corrected chi connectivity index (χ2v) is 8.38. The van der Waals surface area contributed by atoms with E-state index in [1.165, 1.54) is 19.2 Å². The fraction of sp³-hybridized carbons (Fsp3) is 0.350. The molecule has 27 heavy (non-hydrogen) atoms. The van der Waals surface area contributed by atoms with E-state index in [2.05, 4.69) is 10.0 Å². The fourth-order valence-electron chi connectivity index (χ4n) is 3.01. The monoisotopic (exact) mass is 388 g/mol. The highest BCUT2D eigenvalue weighted by atomic mass is 32.2. The van der Waals surface area contributed by atoms with Crippen molar-refractivity contribution in [2.24, 2.45) is 0 Å². The molecule has 2 N–H and O–H groups in total. The van der Waals surface area contributed by atoms with Gasteiger partial charge in [-0.2, -0.15) is 0 Å². The van der Waals surface area contributed by atoms with Crippen LogP contribution in [0, 0.1) is 0 Å². The number of benzene rings is 2. The van der Waals surface area contributed by atoms with Gasteiger partial charge in [-0.3, -0.25) is 9.52 Å². The number of methoxy groups -OCH3 is 1. The highest BCUT2D eigenvalue weighted by Gasteiger charge is 2.50. The Kier molecular flexibility index (Phi) is 5.41. The third kappa shape index (κ3) is 4.08. The Morgan fingerprint density at radius 1 is 1.07 bits per heavy atom. The fourth-order valence-corrected chi connectivity index (χ4v) is 4.06. The molecule has 7 heteroatoms. The topological polar surface area (TPSA) is 84.5 Å². The van der Waals surface area contributed by atoms with Gasteiger partial charge in [-0.1, -0.05) is 19.1 Å². The molecule has 0 radical (unpaired) electrons. The molecule has 2 aromatic rings. The van der Waals surface area contributed by atoms with Crippen LogP contribution < -0.4 is 14.8 Å². The summed E-state index contributed by atoms with van der Waals surface area (Å²) in [6.45, 7) is 2.68. The summed E-state index contributed by atoms with van der Waals surface area (Å²) in [5, 5.41) is 2.96. The summed E-state index contributed by atoms with van der Waals surface area (Å²) in [5.74, 6) is 0.644. The van der Waals surface area contributed by atoms with Gasteiger partial charge in [0.25, 0.3) is 10.0 Å². The van der Waals surface area contributed by atoms with Crippen molar-refractivity contribution in [3.63, 3.8) is 0 Å². The molecule has 1 saturated carbocycles. The van der Waals surface area contributed by atoms with Crippen molar-refractivity contribution in [2.75, 3.05) is 18.4 Å². The first kappa shape index (κ1) is 19.2. The summed E-state index contributed by atoms with van der Waals surface area (Å²) in [4.78, 5) is 12.6. The van der Waals surface area contributed by atoms with E-state index in [1.54, 1.807) is 24.3 Å². The van der Waals surface area contributed by atoms with E-state index in [-0.39, 0.29) is 10.8 Å². The predicted molar refractivity (Wildman–Crippen MR) is 104 cm³/mol. The average molecular weight is 388 g/mol. The molecule has 0 bridgehead atoms. The van der Waals surface area contributed by atoms with Crippen LogP contribution in [-0.2, 0) is 20.2 Å². The zero-order chi connectivity index (χ0) is 19.5. The van der Waals surface area contributed by atoms with Gasteiger partial charge >= 0.3 is 0 Å². The molecular formula is C20H24N2O4S. The summed E-state index contributed by atoms with van der Waals surface area (Å²) in [5.41, 5.74) is 0.922. The second-order valence-electron chi connectivity index (χ2n) is 6.70. The molecule has 0 spiro atoms. The predicted octanol–water partition coefficient (Wildman–Crippen LogP) is 3.05. The van der Waals surface area contributed by atoms with Crippen molar-refractivity contribution < 1.29 is 17.9 Å². The molecule has 2 aromatic carbocycles. The van der Waals surface area contributed by atoms with Gasteiger partial charge in [0.05, 0.1) is 17.4 Å². The number of hydrogen-bond donors (Lipinski definition) is 2. The SMILES string of the molecule is CCCNC(=O)C1(c2ccc(NS(=O)(=O)c3ccc(OC)cc3)cc2)CC1. The smallest absolute Gasteiger partial charge is 0.261 e. The van der Waals surface area contributed by atoms with Crippen molar-refractivity contribution in [1.29, 1.82) is 0 Å². The molecule has 0 aromatic heterocycles. The van der Waals surface area contributed by atoms with Crippen molar-refractivity contribution in [2.45, 2.75) is 36.5 Å². The first-order chi connectivity index (χ1) is 12.9. The van der Waals surface area contributed by atoms with Gasteiger partial charge in [0, 0.05) is 12.2 Å². The Morgan fingerprint density at radius 2 is 1.70 bits per heavy atom. The Hall–Kier alpha value is -2.54. The number of nitrogens with one attached hydrogen (secondary N) is 2. The number of anilines is 1. The number of ether oxygens (including phenoxy) is 1. The van der Waals surface area contributed by atoms with Crippen LogP contribution in [0.25, 0.3) is 0 Å². The lowest BCUT2D eigenvalue weighted by Crippen LogP contribution is -2.35. The van der Waals surface area contributed by atoms with Gasteiger partial charge in [-0.15, -0.1) is 0 Å². The second kappa shape index (κ2) is 7.60. The summed E-state index contributed by atoms with van der Waals surface area (Å²) in [6.07, 6.45) is 2.53. The Morgan fingerprint density at radius 3 is 2.22 bits per heavy atom. The maximum atomic E-state index is 12.5. The normalized spacial score (nSPS) is 15.0. The molecule has 1 aliphatic carbocycles. The van der Waals surface area contributed by atoms with Gasteiger partial charge in [0.2, 0.25) is 5.91 Å². The van der Waals surface area contributed by atoms with E-state index < -0.39 is 15.4 Å². The van der Waals surface area contributed by atoms with Crippen molar-refractivity contribution >= 4 is 21.6 Å². The van der Waals surface area contributed by atoms with Crippen LogP contribution in [0.2, 0.25) is 0 Å². The average Bonchev–Trinajstić information content (AvgIpc) is 3.48. The third-order valence-electron chi connectivity index (χ3n) is 4.78. The lowest BCUT2D eigenvalue weighted by atomic mass is 9.95. The molecule has 3 rings (SSSR count). The maximum Gasteiger partial charge on any atom is 0.261 e. The van der Waals surface area contributed by atoms with Crippen LogP contribution in [0.3, 0.4) is 0 Å². The van der Waals surface area contributed by atoms with E-state index in [9.17, 15) is 13.2 Å². The van der Waals surface area contributed by atoms with E-state index in [1.807, 2.05) is 19.1 Å². The standard InChI is InChI=1S/C20H24N2O4S/c1-3-14-21-19(23)20(12-13-20)15-4-6-16(7-5-15)22-27(24,25)18-10-8-17(26-2)9-11-18/h4-11,22H,3,12-14H2,1-2H3,(H,21,23). The minimum absolute atomic E-state index is 0.0518. The van der Waals surface area contributed by atoms with Gasteiger partial charge in [0.1, 0.15) is 5.75 Å². The highest BCUT2D eigenvalue weighted by molar-refractivity contribution is 7.92. The number of carbonyl (C=O) groups is 1. The lowest BCUT2D eigenvalue weighted by Gasteiger charge is -2.16. The molecule has 1 fully saturated rings. The zero-order valence-corrected chi connectivity index (χ0v) is 16.3. The molecule has 0 unspecified atom stereocenters. The summed E-state index contributed by atoms with van der Waals surface area (Å²) in [6, 6.07) is 13.2. The quantitative estimate of drug-likeness (QED) is 0.728. The Labute approximate surface area is 160 Å². The van der Waals surface area contributed by atoms with Crippen LogP contribution in [0.4, 0.5) is 5.69 Å². The third-order valence-corrected chi connectivity index (χ3v) is 6.18. The zero-order valence-electron chi connectivity index (χ0n) is 15.5. The molecule has 0 heterocycles. The molecule has 144 valence electrons. The van der Waals surface area contributed by atoms with Crippen LogP contribution in [0.15, 0.2) is 53.4 Å². The molecule has 0 aliphatic heterocycles. The molecule has 1 aliphatic rings. The highest BCUT2D eigenvalue weighted by Crippen LogP contribution is 2.48. The van der Waals surface area contributed by atoms with Crippen molar-refractivity contribution in [3.05, 3.63) is 54.1 Å². The van der Waals surface area contributed by atoms with E-state index in [4.69, 9.17) is 4.74 Å². The van der Waals surface area contributed by atoms with E-state index >= 15 is 0 Å². The van der Waals surface area contributed by atoms with Gasteiger partial charge in [0.15, 0.2) is 0 Å². The van der Waals surface area contributed by atoms with Crippen LogP contribution >= 0.6 is 0 Å². The number of hydrogen-bond acceptors (Lipinski definition) is 4. The largest absolute Gasteiger partial charge is 0.497 e. The van der Waals surface area contributed by atoms with Crippen molar-refractivity contribution in [1.82, 2.24) is 5.32 Å². The first-order valence-electron chi connectivity index (χ1n) is 8.97. The molecule has 6 nitrogen and oxygen atoms in total. The van der Waals surface area contributed by atoms with Gasteiger partial charge < -0.3 is 10.1 Å². The maximum absolute atomic E-state index is 12.5. The molecule has 0 atom stereocenters. The summed E-state index contributed by atoms with van der Waals surface area (Å²) in [7, 11) is -2.16. The van der Waals surface area contributed by atoms with Crippen LogP contribution in [0.5, 0.6) is 5.75 Å². The van der Waals surface area contributed by atoms with Gasteiger partial charge in [-0.05, 0) is 61.2 Å². The molecule has 0 saturated heterocycles. The van der Waals surface area contributed by atoms with Crippen LogP contribution in [-0.4, -0.2) is 28.0 Å². The van der Waals surface area contributed by atoms with Gasteiger partial charge in [-0.25, -0.2) is 8.42 Å². The van der Waals surface area contributed by atoms with Crippen molar-refractivity contribution in [3.8, 4) is 5.75 Å². The number of sulfonamides is 1. The number of amides is 1. The minimum Gasteiger partial charge on any atom is -0.497 e. The minimum atomic E-state index is -3.68. The molecular weight excluding hydrogens is 364 g/mol. The lowest BCUT2D eigenvalue weighted by molar-refractivity contribution is -0.123. The Balaban J connectivity index is 1.73. The van der Waals surface area contributed by atoms with E-state index in [0.29, 0.717) is 18.0 Å². The summed E-state index contributed by atoms with van der Waals surface area (Å²) < 4.78 is 32.6. The number of carbonyl (C=O) groups excluding carboxylic acids is 1. The summed E-state index contributed by atoms with van der Waals surface area (Å²) >= 11 is 0. The van der Waals surface area contributed by atoms with E-state index in [0.717, 1.165) is 24.8 Å². The van der Waals surface area contributed by atoms with Crippen LogP contribution in [0.1, 0.15) is 31.7 Å². The first-order valence-corrected chi connectivity index (χ1v) is 10.5. The Bertz CT molecular complexity index is 902. The number of rotatable bonds is 8. The molecule has 1 amide bonds.